The number of hydrogen-bond acceptors (Lipinski definition) is 6. The van der Waals surface area contributed by atoms with E-state index in [1.54, 1.807) is 24.3 Å². The molecule has 3 aromatic rings. The molecule has 9 nitrogen and oxygen atoms in total. The Morgan fingerprint density at radius 3 is 2.73 bits per heavy atom. The average molecular weight is 459 g/mol. The van der Waals surface area contributed by atoms with Crippen LogP contribution in [0.2, 0.25) is 0 Å². The summed E-state index contributed by atoms with van der Waals surface area (Å²) in [4.78, 5) is 27.9. The first-order valence-corrected chi connectivity index (χ1v) is 11.1. The minimum atomic E-state index is -0.484. The van der Waals surface area contributed by atoms with E-state index in [0.717, 1.165) is 21.5 Å². The molecule has 1 N–H and O–H groups in total. The predicted molar refractivity (Wildman–Crippen MR) is 129 cm³/mol. The van der Waals surface area contributed by atoms with Gasteiger partial charge in [-0.25, -0.2) is 0 Å². The molecular formula is C23H18N6O3S. The van der Waals surface area contributed by atoms with E-state index in [1.807, 2.05) is 42.0 Å². The van der Waals surface area contributed by atoms with E-state index in [1.165, 1.54) is 22.8 Å². The van der Waals surface area contributed by atoms with Crippen LogP contribution in [0.1, 0.15) is 24.5 Å². The average Bonchev–Trinajstić information content (AvgIpc) is 3.38. The summed E-state index contributed by atoms with van der Waals surface area (Å²) < 4.78 is 1.91. The van der Waals surface area contributed by atoms with Crippen molar-refractivity contribution in [1.29, 1.82) is 5.41 Å². The summed E-state index contributed by atoms with van der Waals surface area (Å²) in [6.45, 7) is 2.25. The molecule has 0 unspecified atom stereocenters. The highest BCUT2D eigenvalue weighted by Gasteiger charge is 2.35. The Morgan fingerprint density at radius 1 is 1.18 bits per heavy atom. The Balaban J connectivity index is 1.58. The van der Waals surface area contributed by atoms with Crippen LogP contribution in [-0.4, -0.2) is 36.5 Å². The van der Waals surface area contributed by atoms with Gasteiger partial charge >= 0.3 is 0 Å². The van der Waals surface area contributed by atoms with Gasteiger partial charge in [0, 0.05) is 34.3 Å². The number of thioether (sulfide) groups is 1. The quantitative estimate of drug-likeness (QED) is 0.340. The lowest BCUT2D eigenvalue weighted by Gasteiger charge is -2.20. The molecule has 33 heavy (non-hydrogen) atoms. The standard InChI is InChI=1S/C23H18N6O3S/c1-2-20-26-28-21(24)17(22(30)25-23(28)33-20)11-15-13-27(19-10-6-4-8-16(15)19)12-14-7-3-5-9-18(14)29(31)32/h3-11,13,24H,2,12H2,1H3. The number of hydrazone groups is 1. The lowest BCUT2D eigenvalue weighted by atomic mass is 10.1. The third-order valence-corrected chi connectivity index (χ3v) is 6.50. The van der Waals surface area contributed by atoms with Crippen LogP contribution < -0.4 is 0 Å². The Kier molecular flexibility index (Phi) is 5.14. The number of carbonyl (C=O) groups is 1. The normalized spacial score (nSPS) is 16.9. The van der Waals surface area contributed by atoms with E-state index in [2.05, 4.69) is 10.1 Å². The molecule has 10 heteroatoms. The van der Waals surface area contributed by atoms with Gasteiger partial charge in [-0.1, -0.05) is 43.3 Å². The van der Waals surface area contributed by atoms with Gasteiger partial charge in [0.25, 0.3) is 11.6 Å². The monoisotopic (exact) mass is 458 g/mol. The van der Waals surface area contributed by atoms with Crippen molar-refractivity contribution in [3.8, 4) is 0 Å². The van der Waals surface area contributed by atoms with Crippen LogP contribution in [0, 0.1) is 15.5 Å². The van der Waals surface area contributed by atoms with Gasteiger partial charge in [0.05, 0.1) is 17.0 Å². The van der Waals surface area contributed by atoms with Crippen molar-refractivity contribution in [2.75, 3.05) is 0 Å². The highest BCUT2D eigenvalue weighted by Crippen LogP contribution is 2.31. The first-order chi connectivity index (χ1) is 16.0. The second-order valence-electron chi connectivity index (χ2n) is 7.48. The Hall–Kier alpha value is -4.05. The third-order valence-electron chi connectivity index (χ3n) is 5.45. The summed E-state index contributed by atoms with van der Waals surface area (Å²) in [5.74, 6) is -0.502. The molecule has 0 atom stereocenters. The Labute approximate surface area is 192 Å². The van der Waals surface area contributed by atoms with E-state index >= 15 is 0 Å². The number of fused-ring (bicyclic) bond motifs is 2. The molecule has 0 radical (unpaired) electrons. The van der Waals surface area contributed by atoms with Crippen LogP contribution >= 0.6 is 11.8 Å². The van der Waals surface area contributed by atoms with Gasteiger partial charge in [0.2, 0.25) is 5.17 Å². The summed E-state index contributed by atoms with van der Waals surface area (Å²) >= 11 is 1.30. The number of aliphatic imine (C=N–C) groups is 1. The summed E-state index contributed by atoms with van der Waals surface area (Å²) in [5, 5.41) is 27.8. The van der Waals surface area contributed by atoms with Crippen LogP contribution in [0.4, 0.5) is 5.69 Å². The van der Waals surface area contributed by atoms with Crippen LogP contribution in [0.15, 0.2) is 70.4 Å². The maximum atomic E-state index is 12.7. The highest BCUT2D eigenvalue weighted by molar-refractivity contribution is 8.26. The van der Waals surface area contributed by atoms with Crippen molar-refractivity contribution >= 4 is 56.4 Å². The van der Waals surface area contributed by atoms with Crippen LogP contribution in [0.5, 0.6) is 0 Å². The molecule has 0 saturated carbocycles. The van der Waals surface area contributed by atoms with Crippen molar-refractivity contribution in [3.05, 3.63) is 81.5 Å². The molecule has 0 fully saturated rings. The molecule has 164 valence electrons. The van der Waals surface area contributed by atoms with Crippen molar-refractivity contribution in [2.45, 2.75) is 19.9 Å². The molecule has 2 aromatic carbocycles. The van der Waals surface area contributed by atoms with Crippen LogP contribution in [-0.2, 0) is 11.3 Å². The van der Waals surface area contributed by atoms with E-state index < -0.39 is 5.91 Å². The van der Waals surface area contributed by atoms with E-state index in [4.69, 9.17) is 5.41 Å². The minimum Gasteiger partial charge on any atom is -0.342 e. The number of hydrogen-bond donors (Lipinski definition) is 1. The van der Waals surface area contributed by atoms with Crippen LogP contribution in [0.3, 0.4) is 0 Å². The van der Waals surface area contributed by atoms with E-state index in [-0.39, 0.29) is 22.0 Å². The van der Waals surface area contributed by atoms with Gasteiger partial charge in [0.15, 0.2) is 5.84 Å². The van der Waals surface area contributed by atoms with Crippen molar-refractivity contribution in [2.24, 2.45) is 10.1 Å². The maximum Gasteiger partial charge on any atom is 0.283 e. The van der Waals surface area contributed by atoms with Crippen LogP contribution in [0.25, 0.3) is 17.0 Å². The Bertz CT molecular complexity index is 1430. The molecule has 0 aliphatic carbocycles. The van der Waals surface area contributed by atoms with E-state index in [0.29, 0.717) is 23.7 Å². The fourth-order valence-corrected chi connectivity index (χ4v) is 4.68. The number of amidine groups is 2. The first-order valence-electron chi connectivity index (χ1n) is 10.3. The van der Waals surface area contributed by atoms with Gasteiger partial charge in [-0.3, -0.25) is 20.3 Å². The fourth-order valence-electron chi connectivity index (χ4n) is 3.86. The molecule has 0 spiro atoms. The molecule has 2 aliphatic rings. The first kappa shape index (κ1) is 20.8. The molecule has 3 heterocycles. The molecule has 2 aliphatic heterocycles. The third kappa shape index (κ3) is 3.64. The zero-order valence-corrected chi connectivity index (χ0v) is 18.4. The summed E-state index contributed by atoms with van der Waals surface area (Å²) in [6.07, 6.45) is 4.18. The summed E-state index contributed by atoms with van der Waals surface area (Å²) in [5.41, 5.74) is 2.37. The van der Waals surface area contributed by atoms with Crippen molar-refractivity contribution in [1.82, 2.24) is 9.58 Å². The molecule has 1 amide bonds. The minimum absolute atomic E-state index is 0.0171. The second-order valence-corrected chi connectivity index (χ2v) is 8.52. The zero-order valence-electron chi connectivity index (χ0n) is 17.6. The number of carbonyl (C=O) groups excluding carboxylic acids is 1. The number of nitrogens with zero attached hydrogens (tertiary/aromatic N) is 5. The summed E-state index contributed by atoms with van der Waals surface area (Å²) in [7, 11) is 0. The number of aromatic nitrogens is 1. The maximum absolute atomic E-state index is 12.7. The van der Waals surface area contributed by atoms with E-state index in [9.17, 15) is 14.9 Å². The lowest BCUT2D eigenvalue weighted by Crippen LogP contribution is -2.35. The largest absolute Gasteiger partial charge is 0.342 e. The predicted octanol–water partition coefficient (Wildman–Crippen LogP) is 4.63. The van der Waals surface area contributed by atoms with Gasteiger partial charge in [-0.2, -0.15) is 15.1 Å². The second kappa shape index (κ2) is 8.14. The van der Waals surface area contributed by atoms with Gasteiger partial charge in [0.1, 0.15) is 5.04 Å². The van der Waals surface area contributed by atoms with Gasteiger partial charge in [-0.05, 0) is 30.3 Å². The number of nitrogens with one attached hydrogen (secondary N) is 1. The molecule has 0 saturated heterocycles. The molecule has 0 bridgehead atoms. The zero-order chi connectivity index (χ0) is 23.1. The fraction of sp³-hybridized carbons (Fsp3) is 0.130. The SMILES string of the molecule is CCC1=NN2C(=N)C(=Cc3cn(Cc4ccccc4[N+](=O)[O-])c4ccccc34)C(=O)N=C2S1. The van der Waals surface area contributed by atoms with Crippen molar-refractivity contribution in [3.63, 3.8) is 0 Å². The molecule has 5 rings (SSSR count). The summed E-state index contributed by atoms with van der Waals surface area (Å²) in [6, 6.07) is 14.3. The van der Waals surface area contributed by atoms with Gasteiger partial charge in [-0.15, -0.1) is 0 Å². The number of benzene rings is 2. The number of nitro groups is 1. The topological polar surface area (TPSA) is 117 Å². The Morgan fingerprint density at radius 2 is 1.94 bits per heavy atom. The van der Waals surface area contributed by atoms with Crippen molar-refractivity contribution < 1.29 is 9.72 Å². The smallest absolute Gasteiger partial charge is 0.283 e. The van der Waals surface area contributed by atoms with Gasteiger partial charge < -0.3 is 4.57 Å². The number of amides is 1. The molecular weight excluding hydrogens is 440 g/mol. The number of para-hydroxylation sites is 2. The number of nitro benzene ring substituents is 1. The lowest BCUT2D eigenvalue weighted by molar-refractivity contribution is -0.385. The number of rotatable bonds is 5. The molecule has 1 aromatic heterocycles. The highest BCUT2D eigenvalue weighted by atomic mass is 32.2.